The minimum Gasteiger partial charge on any atom is -0.759 e. The quantitative estimate of drug-likeness (QED) is 0.159. The molecule has 0 bridgehead atoms. The Bertz CT molecular complexity index is 426. The van der Waals surface area contributed by atoms with E-state index in [4.69, 9.17) is 26.6 Å². The van der Waals surface area contributed by atoms with E-state index >= 15 is 0 Å². The second-order valence-corrected chi connectivity index (χ2v) is 4.20. The van der Waals surface area contributed by atoms with E-state index in [1.165, 1.54) is 0 Å². The predicted octanol–water partition coefficient (Wildman–Crippen LogP) is -8.79. The van der Waals surface area contributed by atoms with Crippen molar-refractivity contribution in [3.8, 4) is 0 Å². The molecule has 0 amide bonds. The van der Waals surface area contributed by atoms with E-state index in [0.717, 1.165) is 0 Å². The standard InChI is InChI=1S/K.Na.H2O8S2.H2O4S/c;;1-9(2,3)7-8-10(4,5)6;1-5(2,3)4/h;;(H,1,2,3)(H,4,5,6);(H2,1,2,3,4)/q2*+1;;/p-2. The maximum Gasteiger partial charge on any atom is 1.00 e. The van der Waals surface area contributed by atoms with Crippen LogP contribution in [0.4, 0.5) is 0 Å². The first kappa shape index (κ1) is 27.6. The van der Waals surface area contributed by atoms with E-state index in [1.807, 2.05) is 0 Å². The Labute approximate surface area is 161 Å². The van der Waals surface area contributed by atoms with Gasteiger partial charge in [0.25, 0.3) is 0 Å². The van der Waals surface area contributed by atoms with Gasteiger partial charge in [0.15, 0.2) is 0 Å². The Kier molecular flexibility index (Phi) is 17.8. The Morgan fingerprint density at radius 3 is 0.941 bits per heavy atom. The summed E-state index contributed by atoms with van der Waals surface area (Å²) >= 11 is 0. The third kappa shape index (κ3) is 56.3. The van der Waals surface area contributed by atoms with Crippen LogP contribution in [0.3, 0.4) is 0 Å². The van der Waals surface area contributed by atoms with Crippen molar-refractivity contribution < 1.29 is 133 Å². The second kappa shape index (κ2) is 11.0. The summed E-state index contributed by atoms with van der Waals surface area (Å²) in [4.78, 5) is 0. The van der Waals surface area contributed by atoms with Gasteiger partial charge in [-0.1, -0.05) is 8.67 Å². The zero-order valence-corrected chi connectivity index (χ0v) is 15.8. The number of hydrogen-bond donors (Lipinski definition) is 2. The van der Waals surface area contributed by atoms with Gasteiger partial charge in [0.2, 0.25) is 0 Å². The minimum atomic E-state index is -5.17. The van der Waals surface area contributed by atoms with E-state index in [1.54, 1.807) is 0 Å². The van der Waals surface area contributed by atoms with Gasteiger partial charge in [-0.05, 0) is 0 Å². The molecule has 0 heterocycles. The molecule has 2 N–H and O–H groups in total. The van der Waals surface area contributed by atoms with Crippen LogP contribution >= 0.6 is 0 Å². The second-order valence-electron chi connectivity index (χ2n) is 1.40. The molecule has 17 heavy (non-hydrogen) atoms. The van der Waals surface area contributed by atoms with E-state index in [-0.39, 0.29) is 80.9 Å². The molecular formula is H2KNaO12S3. The molecule has 0 saturated carbocycles. The first-order valence-corrected chi connectivity index (χ1v) is 6.26. The summed E-state index contributed by atoms with van der Waals surface area (Å²) in [5.74, 6) is 0. The van der Waals surface area contributed by atoms with Crippen LogP contribution in [0.15, 0.2) is 0 Å². The molecule has 12 nitrogen and oxygen atoms in total. The molecule has 0 aliphatic carbocycles. The van der Waals surface area contributed by atoms with Crippen molar-refractivity contribution in [1.29, 1.82) is 0 Å². The van der Waals surface area contributed by atoms with Crippen LogP contribution in [0.5, 0.6) is 0 Å². The summed E-state index contributed by atoms with van der Waals surface area (Å²) in [5.41, 5.74) is 0. The van der Waals surface area contributed by atoms with Gasteiger partial charge >= 0.3 is 102 Å². The molecule has 0 aromatic carbocycles. The van der Waals surface area contributed by atoms with Gasteiger partial charge in [-0.3, -0.25) is 17.5 Å². The fraction of sp³-hybridized carbons (Fsp3) is 0. The van der Waals surface area contributed by atoms with Crippen molar-refractivity contribution in [2.24, 2.45) is 0 Å². The van der Waals surface area contributed by atoms with Crippen LogP contribution in [-0.2, 0) is 39.9 Å². The zero-order valence-electron chi connectivity index (χ0n) is 8.20. The molecule has 0 saturated heterocycles. The summed E-state index contributed by atoms with van der Waals surface area (Å²) < 4.78 is 93.0. The third-order valence-electron chi connectivity index (χ3n) is 0.200. The molecule has 94 valence electrons. The van der Waals surface area contributed by atoms with Gasteiger partial charge < -0.3 is 9.11 Å². The molecule has 0 spiro atoms. The van der Waals surface area contributed by atoms with Crippen molar-refractivity contribution in [3.05, 3.63) is 0 Å². The Hall–Kier alpha value is 2.25. The van der Waals surface area contributed by atoms with Crippen molar-refractivity contribution in [2.75, 3.05) is 0 Å². The first-order chi connectivity index (χ1) is 6.21. The largest absolute Gasteiger partial charge is 1.00 e. The summed E-state index contributed by atoms with van der Waals surface area (Å²) in [6.07, 6.45) is 0. The molecule has 0 rings (SSSR count). The minimum absolute atomic E-state index is 0. The number of hydrogen-bond acceptors (Lipinski definition) is 10. The van der Waals surface area contributed by atoms with Gasteiger partial charge in [-0.15, -0.1) is 0 Å². The predicted molar refractivity (Wildman–Crippen MR) is 35.7 cm³/mol. The number of rotatable bonds is 3. The molecule has 0 aliphatic rings. The summed E-state index contributed by atoms with van der Waals surface area (Å²) in [6, 6.07) is 0. The van der Waals surface area contributed by atoms with Gasteiger partial charge in [0.05, 0.1) is 0 Å². The average Bonchev–Trinajstić information content (AvgIpc) is 1.76. The summed E-state index contributed by atoms with van der Waals surface area (Å²) in [6.45, 7) is 0. The maximum absolute atomic E-state index is 9.51. The Balaban J connectivity index is -0.000000105. The van der Waals surface area contributed by atoms with Crippen molar-refractivity contribution in [1.82, 2.24) is 0 Å². The maximum atomic E-state index is 9.51. The van der Waals surface area contributed by atoms with Crippen LogP contribution in [-0.4, -0.2) is 43.5 Å². The molecule has 0 atom stereocenters. The van der Waals surface area contributed by atoms with Crippen LogP contribution in [0, 0.1) is 0 Å². The van der Waals surface area contributed by atoms with Crippen LogP contribution in [0.1, 0.15) is 0 Å². The van der Waals surface area contributed by atoms with Crippen molar-refractivity contribution in [2.45, 2.75) is 0 Å². The smallest absolute Gasteiger partial charge is 0.759 e. The molecule has 0 unspecified atom stereocenters. The average molecular weight is 352 g/mol. The summed E-state index contributed by atoms with van der Waals surface area (Å²) in [7, 11) is -15.2. The molecule has 0 aromatic rings. The zero-order chi connectivity index (χ0) is 12.9. The van der Waals surface area contributed by atoms with E-state index in [0.29, 0.717) is 0 Å². The van der Waals surface area contributed by atoms with E-state index in [9.17, 15) is 16.8 Å². The van der Waals surface area contributed by atoms with Crippen LogP contribution in [0.25, 0.3) is 0 Å². The first-order valence-electron chi connectivity index (χ1n) is 2.20. The molecule has 0 radical (unpaired) electrons. The molecule has 0 aliphatic heterocycles. The van der Waals surface area contributed by atoms with Crippen molar-refractivity contribution in [3.63, 3.8) is 0 Å². The van der Waals surface area contributed by atoms with Crippen LogP contribution < -0.4 is 80.9 Å². The van der Waals surface area contributed by atoms with Gasteiger partial charge in [-0.2, -0.15) is 16.8 Å². The van der Waals surface area contributed by atoms with E-state index < -0.39 is 31.2 Å². The van der Waals surface area contributed by atoms with Gasteiger partial charge in [0.1, 0.15) is 0 Å². The summed E-state index contributed by atoms with van der Waals surface area (Å²) in [5, 5.41) is 0. The Morgan fingerprint density at radius 2 is 0.882 bits per heavy atom. The SMILES string of the molecule is O=S(=O)(O)OOS(=O)(=O)O.O=S(=O)([O-])[O-].[K+].[Na+]. The molecule has 17 heteroatoms. The third-order valence-corrected chi connectivity index (χ3v) is 0.766. The fourth-order valence-electron chi connectivity index (χ4n) is 0.0702. The normalized spacial score (nSPS) is 11.3. The molecule has 0 aromatic heterocycles. The topological polar surface area (TPSA) is 207 Å². The fourth-order valence-corrected chi connectivity index (χ4v) is 0.632. The van der Waals surface area contributed by atoms with Gasteiger partial charge in [0, 0.05) is 10.4 Å². The van der Waals surface area contributed by atoms with Gasteiger partial charge in [-0.25, -0.2) is 0 Å². The molecular weight excluding hydrogens is 350 g/mol. The van der Waals surface area contributed by atoms with Crippen LogP contribution in [0.2, 0.25) is 0 Å². The Morgan fingerprint density at radius 1 is 0.765 bits per heavy atom. The van der Waals surface area contributed by atoms with Crippen molar-refractivity contribution >= 4 is 31.2 Å². The monoisotopic (exact) mass is 352 g/mol. The molecule has 0 fully saturated rings. The van der Waals surface area contributed by atoms with E-state index in [2.05, 4.69) is 8.67 Å².